The molecule has 1 N–H and O–H groups in total. The van der Waals surface area contributed by atoms with Gasteiger partial charge in [0, 0.05) is 19.0 Å². The van der Waals surface area contributed by atoms with Crippen molar-refractivity contribution in [1.82, 2.24) is 4.90 Å². The Hall–Kier alpha value is -2.66. The van der Waals surface area contributed by atoms with Crippen molar-refractivity contribution in [3.63, 3.8) is 0 Å². The SMILES string of the molecule is CC(OCc1ccccc1)C(=O)N1CC(C(=O)O)C(c2ccccc2)C1. The second kappa shape index (κ2) is 8.15. The lowest BCUT2D eigenvalue weighted by Crippen LogP contribution is -2.38. The summed E-state index contributed by atoms with van der Waals surface area (Å²) in [5.41, 5.74) is 1.95. The number of ether oxygens (including phenoxy) is 1. The van der Waals surface area contributed by atoms with Crippen LogP contribution in [0.4, 0.5) is 0 Å². The first-order valence-electron chi connectivity index (χ1n) is 8.78. The van der Waals surface area contributed by atoms with E-state index in [1.54, 1.807) is 11.8 Å². The lowest BCUT2D eigenvalue weighted by molar-refractivity contribution is -0.144. The Bertz CT molecular complexity index is 747. The second-order valence-electron chi connectivity index (χ2n) is 6.64. The van der Waals surface area contributed by atoms with Crippen LogP contribution < -0.4 is 0 Å². The summed E-state index contributed by atoms with van der Waals surface area (Å²) in [5, 5.41) is 9.57. The van der Waals surface area contributed by atoms with Gasteiger partial charge in [0.25, 0.3) is 5.91 Å². The van der Waals surface area contributed by atoms with E-state index in [2.05, 4.69) is 0 Å². The highest BCUT2D eigenvalue weighted by Crippen LogP contribution is 2.33. The topological polar surface area (TPSA) is 66.8 Å². The molecule has 0 aromatic heterocycles. The molecule has 136 valence electrons. The van der Waals surface area contributed by atoms with Gasteiger partial charge in [-0.1, -0.05) is 60.7 Å². The predicted molar refractivity (Wildman–Crippen MR) is 97.6 cm³/mol. The number of aliphatic carboxylic acids is 1. The quantitative estimate of drug-likeness (QED) is 0.867. The van der Waals surface area contributed by atoms with E-state index in [1.807, 2.05) is 60.7 Å². The van der Waals surface area contributed by atoms with Crippen LogP contribution in [0.3, 0.4) is 0 Å². The zero-order valence-corrected chi connectivity index (χ0v) is 14.7. The van der Waals surface area contributed by atoms with Crippen molar-refractivity contribution < 1.29 is 19.4 Å². The average molecular weight is 353 g/mol. The minimum atomic E-state index is -0.869. The summed E-state index contributed by atoms with van der Waals surface area (Å²) in [5.74, 6) is -1.82. The van der Waals surface area contributed by atoms with Crippen LogP contribution in [0.2, 0.25) is 0 Å². The Kier molecular flexibility index (Phi) is 5.68. The zero-order valence-electron chi connectivity index (χ0n) is 14.7. The summed E-state index contributed by atoms with van der Waals surface area (Å²) in [7, 11) is 0. The molecule has 2 aromatic rings. The van der Waals surface area contributed by atoms with Crippen LogP contribution in [0.5, 0.6) is 0 Å². The number of likely N-dealkylation sites (tertiary alicyclic amines) is 1. The van der Waals surface area contributed by atoms with Gasteiger partial charge in [0.05, 0.1) is 12.5 Å². The molecule has 1 saturated heterocycles. The lowest BCUT2D eigenvalue weighted by atomic mass is 9.89. The van der Waals surface area contributed by atoms with Crippen LogP contribution in [-0.2, 0) is 20.9 Å². The van der Waals surface area contributed by atoms with Crippen molar-refractivity contribution in [2.45, 2.75) is 25.6 Å². The van der Waals surface area contributed by atoms with Crippen LogP contribution >= 0.6 is 0 Å². The Morgan fingerprint density at radius 3 is 2.31 bits per heavy atom. The molecule has 1 heterocycles. The largest absolute Gasteiger partial charge is 0.481 e. The first-order chi connectivity index (χ1) is 12.6. The zero-order chi connectivity index (χ0) is 18.5. The number of carboxylic acid groups (broad SMARTS) is 1. The molecule has 0 bridgehead atoms. The van der Waals surface area contributed by atoms with Crippen molar-refractivity contribution in [3.05, 3.63) is 71.8 Å². The highest BCUT2D eigenvalue weighted by atomic mass is 16.5. The van der Waals surface area contributed by atoms with E-state index in [9.17, 15) is 14.7 Å². The maximum Gasteiger partial charge on any atom is 0.308 e. The summed E-state index contributed by atoms with van der Waals surface area (Å²) in [4.78, 5) is 26.0. The molecule has 3 rings (SSSR count). The molecule has 0 spiro atoms. The van der Waals surface area contributed by atoms with E-state index in [0.29, 0.717) is 13.2 Å². The van der Waals surface area contributed by atoms with E-state index in [0.717, 1.165) is 11.1 Å². The molecule has 1 amide bonds. The fourth-order valence-electron chi connectivity index (χ4n) is 3.40. The second-order valence-corrected chi connectivity index (χ2v) is 6.64. The highest BCUT2D eigenvalue weighted by molar-refractivity contribution is 5.82. The first-order valence-corrected chi connectivity index (χ1v) is 8.78. The van der Waals surface area contributed by atoms with E-state index in [-0.39, 0.29) is 18.4 Å². The molecule has 26 heavy (non-hydrogen) atoms. The molecule has 1 aliphatic heterocycles. The molecule has 1 fully saturated rings. The van der Waals surface area contributed by atoms with E-state index in [1.165, 1.54) is 0 Å². The molecule has 0 radical (unpaired) electrons. The number of carbonyl (C=O) groups is 2. The molecular weight excluding hydrogens is 330 g/mol. The molecule has 3 unspecified atom stereocenters. The predicted octanol–water partition coefficient (Wildman–Crippen LogP) is 2.92. The van der Waals surface area contributed by atoms with Crippen LogP contribution in [-0.4, -0.2) is 41.1 Å². The molecule has 2 aromatic carbocycles. The number of benzene rings is 2. The van der Waals surface area contributed by atoms with Gasteiger partial charge in [0.2, 0.25) is 0 Å². The molecule has 5 heteroatoms. The molecule has 0 saturated carbocycles. The van der Waals surface area contributed by atoms with Crippen molar-refractivity contribution in [1.29, 1.82) is 0 Å². The molecule has 0 aliphatic carbocycles. The van der Waals surface area contributed by atoms with Gasteiger partial charge in [0.1, 0.15) is 6.10 Å². The smallest absolute Gasteiger partial charge is 0.308 e. The maximum atomic E-state index is 12.7. The van der Waals surface area contributed by atoms with Gasteiger partial charge in [-0.15, -0.1) is 0 Å². The van der Waals surface area contributed by atoms with Crippen LogP contribution in [0.15, 0.2) is 60.7 Å². The summed E-state index contributed by atoms with van der Waals surface area (Å²) < 4.78 is 5.70. The summed E-state index contributed by atoms with van der Waals surface area (Å²) in [6, 6.07) is 19.2. The average Bonchev–Trinajstić information content (AvgIpc) is 3.13. The van der Waals surface area contributed by atoms with Gasteiger partial charge >= 0.3 is 5.97 Å². The van der Waals surface area contributed by atoms with Gasteiger partial charge < -0.3 is 14.7 Å². The fraction of sp³-hybridized carbons (Fsp3) is 0.333. The van der Waals surface area contributed by atoms with Gasteiger partial charge in [-0.2, -0.15) is 0 Å². The van der Waals surface area contributed by atoms with Crippen LogP contribution in [0.25, 0.3) is 0 Å². The van der Waals surface area contributed by atoms with E-state index < -0.39 is 18.0 Å². The third kappa shape index (κ3) is 4.11. The number of rotatable bonds is 6. The fourth-order valence-corrected chi connectivity index (χ4v) is 3.40. The Balaban J connectivity index is 1.65. The van der Waals surface area contributed by atoms with Crippen molar-refractivity contribution in [3.8, 4) is 0 Å². The molecule has 5 nitrogen and oxygen atoms in total. The Morgan fingerprint density at radius 1 is 1.08 bits per heavy atom. The summed E-state index contributed by atoms with van der Waals surface area (Å²) >= 11 is 0. The third-order valence-electron chi connectivity index (χ3n) is 4.87. The molecule has 3 atom stereocenters. The lowest BCUT2D eigenvalue weighted by Gasteiger charge is -2.21. The number of hydrogen-bond acceptors (Lipinski definition) is 3. The standard InChI is InChI=1S/C21H23NO4/c1-15(26-14-16-8-4-2-5-9-16)20(23)22-12-18(19(13-22)21(24)25)17-10-6-3-7-11-17/h2-11,15,18-19H,12-14H2,1H3,(H,24,25). The number of hydrogen-bond donors (Lipinski definition) is 1. The highest BCUT2D eigenvalue weighted by Gasteiger charge is 2.41. The number of carboxylic acids is 1. The minimum Gasteiger partial charge on any atom is -0.481 e. The minimum absolute atomic E-state index is 0.161. The van der Waals surface area contributed by atoms with Gasteiger partial charge in [-0.05, 0) is 18.1 Å². The Labute approximate surface area is 153 Å². The molecular formula is C21H23NO4. The third-order valence-corrected chi connectivity index (χ3v) is 4.87. The maximum absolute atomic E-state index is 12.7. The van der Waals surface area contributed by atoms with Crippen LogP contribution in [0.1, 0.15) is 24.0 Å². The van der Waals surface area contributed by atoms with Crippen molar-refractivity contribution in [2.24, 2.45) is 5.92 Å². The van der Waals surface area contributed by atoms with Gasteiger partial charge in [0.15, 0.2) is 0 Å². The van der Waals surface area contributed by atoms with Crippen molar-refractivity contribution >= 4 is 11.9 Å². The number of carbonyl (C=O) groups excluding carboxylic acids is 1. The van der Waals surface area contributed by atoms with Crippen molar-refractivity contribution in [2.75, 3.05) is 13.1 Å². The summed E-state index contributed by atoms with van der Waals surface area (Å²) in [6.45, 7) is 2.69. The normalized spacial score (nSPS) is 20.7. The van der Waals surface area contributed by atoms with E-state index >= 15 is 0 Å². The van der Waals surface area contributed by atoms with E-state index in [4.69, 9.17) is 4.74 Å². The van der Waals surface area contributed by atoms with Gasteiger partial charge in [-0.3, -0.25) is 9.59 Å². The van der Waals surface area contributed by atoms with Crippen LogP contribution in [0, 0.1) is 5.92 Å². The summed E-state index contributed by atoms with van der Waals surface area (Å²) in [6.07, 6.45) is -0.612. The monoisotopic (exact) mass is 353 g/mol. The number of nitrogens with zero attached hydrogens (tertiary/aromatic N) is 1. The first kappa shape index (κ1) is 18.1. The Morgan fingerprint density at radius 2 is 1.69 bits per heavy atom. The van der Waals surface area contributed by atoms with Gasteiger partial charge in [-0.25, -0.2) is 0 Å². The molecule has 1 aliphatic rings. The number of amides is 1.